The van der Waals surface area contributed by atoms with Gasteiger partial charge in [-0.25, -0.2) is 0 Å². The molecule has 3 nitrogen and oxygen atoms in total. The molecule has 2 fully saturated rings. The van der Waals surface area contributed by atoms with Crippen molar-refractivity contribution in [2.24, 2.45) is 16.7 Å². The van der Waals surface area contributed by atoms with Gasteiger partial charge in [-0.1, -0.05) is 27.7 Å². The van der Waals surface area contributed by atoms with Gasteiger partial charge in [0, 0.05) is 19.0 Å². The Morgan fingerprint density at radius 2 is 1.71 bits per heavy atom. The molecule has 0 spiro atoms. The van der Waals surface area contributed by atoms with Gasteiger partial charge in [0.1, 0.15) is 0 Å². The van der Waals surface area contributed by atoms with Crippen LogP contribution in [0.15, 0.2) is 0 Å². The Balaban J connectivity index is 1.85. The van der Waals surface area contributed by atoms with Crippen molar-refractivity contribution in [1.82, 2.24) is 4.90 Å². The summed E-state index contributed by atoms with van der Waals surface area (Å²) in [7, 11) is 0. The molecule has 0 aromatic carbocycles. The smallest absolute Gasteiger partial charge is 0.337 e. The van der Waals surface area contributed by atoms with Crippen LogP contribution in [-0.4, -0.2) is 36.6 Å². The predicted octanol–water partition coefficient (Wildman–Crippen LogP) is 2.12. The van der Waals surface area contributed by atoms with Crippen LogP contribution in [-0.2, 0) is 9.53 Å². The zero-order chi connectivity index (χ0) is 13.0. The van der Waals surface area contributed by atoms with Crippen molar-refractivity contribution in [1.29, 1.82) is 0 Å². The number of hydrogen-bond acceptors (Lipinski definition) is 2. The predicted molar refractivity (Wildman–Crippen MR) is 58.5 cm³/mol. The molecule has 2 rings (SSSR count). The highest BCUT2D eigenvalue weighted by molar-refractivity contribution is 5.85. The van der Waals surface area contributed by atoms with E-state index in [9.17, 15) is 13.6 Å². The Morgan fingerprint density at radius 1 is 1.24 bits per heavy atom. The number of alkyl halides is 2. The Hall–Kier alpha value is -0.710. The minimum atomic E-state index is -2.74. The first-order valence-corrected chi connectivity index (χ1v) is 5.90. The molecule has 5 heteroatoms. The third-order valence-corrected chi connectivity index (χ3v) is 4.72. The van der Waals surface area contributed by atoms with E-state index in [1.165, 1.54) is 0 Å². The fourth-order valence-electron chi connectivity index (χ4n) is 2.85. The van der Waals surface area contributed by atoms with Crippen molar-refractivity contribution in [3.8, 4) is 0 Å². The van der Waals surface area contributed by atoms with Crippen molar-refractivity contribution in [2.75, 3.05) is 13.1 Å². The molecule has 1 saturated heterocycles. The molecule has 0 aromatic rings. The highest BCUT2D eigenvalue weighted by Gasteiger charge is 2.69. The molecule has 0 unspecified atom stereocenters. The molecule has 0 radical (unpaired) electrons. The van der Waals surface area contributed by atoms with E-state index in [4.69, 9.17) is 0 Å². The number of likely N-dealkylation sites (tertiary alicyclic amines) is 1. The van der Waals surface area contributed by atoms with E-state index in [1.54, 1.807) is 4.90 Å². The molecular weight excluding hydrogens is 228 g/mol. The maximum Gasteiger partial charge on any atom is 0.345 e. The summed E-state index contributed by atoms with van der Waals surface area (Å²) in [6.07, 6.45) is -0.496. The largest absolute Gasteiger partial charge is 0.345 e. The quantitative estimate of drug-likeness (QED) is 0.764. The fourth-order valence-corrected chi connectivity index (χ4v) is 2.85. The number of halogens is 2. The zero-order valence-electron chi connectivity index (χ0n) is 10.7. The van der Waals surface area contributed by atoms with Crippen molar-refractivity contribution >= 4 is 5.91 Å². The maximum absolute atomic E-state index is 12.1. The Morgan fingerprint density at radius 3 is 2.06 bits per heavy atom. The lowest BCUT2D eigenvalue weighted by Crippen LogP contribution is -2.56. The third-order valence-electron chi connectivity index (χ3n) is 4.72. The molecule has 1 aliphatic carbocycles. The van der Waals surface area contributed by atoms with E-state index in [0.29, 0.717) is 13.1 Å². The average molecular weight is 247 g/mol. The summed E-state index contributed by atoms with van der Waals surface area (Å²) in [5.41, 5.74) is -0.00250. The maximum atomic E-state index is 12.1. The van der Waals surface area contributed by atoms with E-state index >= 15 is 0 Å². The first-order chi connectivity index (χ1) is 7.68. The molecule has 1 saturated carbocycles. The summed E-state index contributed by atoms with van der Waals surface area (Å²) in [4.78, 5) is 13.8. The van der Waals surface area contributed by atoms with Crippen LogP contribution in [0.2, 0.25) is 0 Å². The standard InChI is InChI=1S/C12H19F2NO2/c1-11(2)8(12(11,3)4)9(16)15-5-7(6-15)17-10(13)14/h7-8,10H,5-6H2,1-4H3. The highest BCUT2D eigenvalue weighted by Crippen LogP contribution is 2.68. The Kier molecular flexibility index (Phi) is 2.73. The van der Waals surface area contributed by atoms with Gasteiger partial charge in [-0.2, -0.15) is 8.78 Å². The summed E-state index contributed by atoms with van der Waals surface area (Å²) in [6, 6.07) is 0. The minimum absolute atomic E-state index is 0.00125. The summed E-state index contributed by atoms with van der Waals surface area (Å²) < 4.78 is 28.2. The number of amides is 1. The average Bonchev–Trinajstić information content (AvgIpc) is 2.48. The molecule has 17 heavy (non-hydrogen) atoms. The van der Waals surface area contributed by atoms with Crippen LogP contribution < -0.4 is 0 Å². The van der Waals surface area contributed by atoms with Crippen LogP contribution in [0.1, 0.15) is 27.7 Å². The normalized spacial score (nSPS) is 27.1. The first-order valence-electron chi connectivity index (χ1n) is 5.90. The summed E-state index contributed by atoms with van der Waals surface area (Å²) >= 11 is 0. The number of rotatable bonds is 3. The van der Waals surface area contributed by atoms with E-state index in [2.05, 4.69) is 32.4 Å². The monoisotopic (exact) mass is 247 g/mol. The van der Waals surface area contributed by atoms with Gasteiger partial charge >= 0.3 is 6.61 Å². The van der Waals surface area contributed by atoms with Gasteiger partial charge in [-0.3, -0.25) is 4.79 Å². The second-order valence-electron chi connectivity index (χ2n) is 6.14. The van der Waals surface area contributed by atoms with Crippen molar-refractivity contribution in [2.45, 2.75) is 40.4 Å². The van der Waals surface area contributed by atoms with Crippen LogP contribution in [0.4, 0.5) is 8.78 Å². The van der Waals surface area contributed by atoms with E-state index in [1.807, 2.05) is 0 Å². The Labute approximate surface area is 100 Å². The van der Waals surface area contributed by atoms with Crippen LogP contribution in [0.3, 0.4) is 0 Å². The second kappa shape index (κ2) is 3.64. The van der Waals surface area contributed by atoms with Gasteiger partial charge in [0.05, 0.1) is 6.10 Å². The van der Waals surface area contributed by atoms with Crippen LogP contribution in [0.25, 0.3) is 0 Å². The molecule has 2 aliphatic rings. The molecule has 1 amide bonds. The van der Waals surface area contributed by atoms with Crippen molar-refractivity contribution < 1.29 is 18.3 Å². The minimum Gasteiger partial charge on any atom is -0.337 e. The molecule has 1 aliphatic heterocycles. The highest BCUT2D eigenvalue weighted by atomic mass is 19.3. The molecule has 98 valence electrons. The van der Waals surface area contributed by atoms with Gasteiger partial charge in [0.25, 0.3) is 0 Å². The van der Waals surface area contributed by atoms with E-state index in [0.717, 1.165) is 0 Å². The van der Waals surface area contributed by atoms with Crippen LogP contribution in [0.5, 0.6) is 0 Å². The van der Waals surface area contributed by atoms with Gasteiger partial charge in [-0.05, 0) is 10.8 Å². The molecule has 0 N–H and O–H groups in total. The Bertz CT molecular complexity index is 321. The molecule has 0 aromatic heterocycles. The fraction of sp³-hybridized carbons (Fsp3) is 0.917. The third kappa shape index (κ3) is 1.84. The summed E-state index contributed by atoms with van der Waals surface area (Å²) in [5, 5.41) is 0. The topological polar surface area (TPSA) is 29.5 Å². The SMILES string of the molecule is CC1(C)C(C(=O)N2CC(OC(F)F)C2)C1(C)C. The second-order valence-corrected chi connectivity index (χ2v) is 6.14. The van der Waals surface area contributed by atoms with Gasteiger partial charge in [-0.15, -0.1) is 0 Å². The van der Waals surface area contributed by atoms with E-state index in [-0.39, 0.29) is 22.7 Å². The number of ether oxygens (including phenoxy) is 1. The van der Waals surface area contributed by atoms with Gasteiger partial charge < -0.3 is 9.64 Å². The molecule has 0 atom stereocenters. The molecule has 1 heterocycles. The van der Waals surface area contributed by atoms with E-state index < -0.39 is 12.7 Å². The van der Waals surface area contributed by atoms with Gasteiger partial charge in [0.15, 0.2) is 0 Å². The molecular formula is C12H19F2NO2. The number of nitrogens with zero attached hydrogens (tertiary/aromatic N) is 1. The van der Waals surface area contributed by atoms with Crippen LogP contribution >= 0.6 is 0 Å². The number of carbonyl (C=O) groups excluding carboxylic acids is 1. The summed E-state index contributed by atoms with van der Waals surface area (Å²) in [6.45, 7) is 6.14. The molecule has 0 bridgehead atoms. The number of hydrogen-bond donors (Lipinski definition) is 0. The lowest BCUT2D eigenvalue weighted by Gasteiger charge is -2.39. The lowest BCUT2D eigenvalue weighted by atomic mass is 10.0. The zero-order valence-corrected chi connectivity index (χ0v) is 10.7. The lowest BCUT2D eigenvalue weighted by molar-refractivity contribution is -0.199. The first kappa shape index (κ1) is 12.7. The van der Waals surface area contributed by atoms with Crippen molar-refractivity contribution in [3.63, 3.8) is 0 Å². The summed E-state index contributed by atoms with van der Waals surface area (Å²) in [5.74, 6) is 0.0802. The number of carbonyl (C=O) groups is 1. The van der Waals surface area contributed by atoms with Crippen molar-refractivity contribution in [3.05, 3.63) is 0 Å². The van der Waals surface area contributed by atoms with Crippen LogP contribution in [0, 0.1) is 16.7 Å². The van der Waals surface area contributed by atoms with Gasteiger partial charge in [0.2, 0.25) is 5.91 Å².